The number of carbonyl (C=O) groups excluding carboxylic acids is 2. The summed E-state index contributed by atoms with van der Waals surface area (Å²) in [5, 5.41) is 2.71. The van der Waals surface area contributed by atoms with Crippen LogP contribution in [0.4, 0.5) is 13.2 Å². The molecule has 27 heavy (non-hydrogen) atoms. The van der Waals surface area contributed by atoms with Crippen molar-refractivity contribution in [2.45, 2.75) is 19.3 Å². The molecule has 0 bridgehead atoms. The van der Waals surface area contributed by atoms with Crippen molar-refractivity contribution in [2.24, 2.45) is 5.73 Å². The number of amides is 2. The lowest BCUT2D eigenvalue weighted by Crippen LogP contribution is -2.28. The van der Waals surface area contributed by atoms with E-state index in [1.165, 1.54) is 24.3 Å². The van der Waals surface area contributed by atoms with E-state index in [2.05, 4.69) is 10.1 Å². The molecule has 3 N–H and O–H groups in total. The zero-order valence-electron chi connectivity index (χ0n) is 14.2. The average molecular weight is 382 g/mol. The molecule has 0 saturated heterocycles. The van der Waals surface area contributed by atoms with E-state index in [9.17, 15) is 22.8 Å². The molecule has 2 rings (SSSR count). The molecule has 0 radical (unpaired) electrons. The van der Waals surface area contributed by atoms with Crippen molar-refractivity contribution in [3.05, 3.63) is 59.7 Å². The number of carbonyl (C=O) groups is 2. The van der Waals surface area contributed by atoms with Crippen molar-refractivity contribution in [1.82, 2.24) is 5.32 Å². The lowest BCUT2D eigenvalue weighted by Gasteiger charge is -2.17. The summed E-state index contributed by atoms with van der Waals surface area (Å²) >= 11 is 0. The topological polar surface area (TPSA) is 90.6 Å². The standard InChI is InChI=1S/C18H17F3N2O4/c1-11(12-6-8-13(9-7-12)27-18(19,20)21)23-17(25)14-4-2-3-5-15(14)26-10-16(22)24/h2-9,11H,10H2,1H3,(H2,22,24)(H,23,25)/t11-/m1/s1. The quantitative estimate of drug-likeness (QED) is 0.770. The molecule has 2 aromatic carbocycles. The summed E-state index contributed by atoms with van der Waals surface area (Å²) < 4.78 is 45.6. The summed E-state index contributed by atoms with van der Waals surface area (Å²) in [6.45, 7) is 1.30. The summed E-state index contributed by atoms with van der Waals surface area (Å²) in [4.78, 5) is 23.3. The monoisotopic (exact) mass is 382 g/mol. The molecular formula is C18H17F3N2O4. The Kier molecular flexibility index (Phi) is 6.27. The van der Waals surface area contributed by atoms with Gasteiger partial charge in [0.15, 0.2) is 6.61 Å². The van der Waals surface area contributed by atoms with Crippen LogP contribution >= 0.6 is 0 Å². The fraction of sp³-hybridized carbons (Fsp3) is 0.222. The second-order valence-electron chi connectivity index (χ2n) is 5.56. The minimum Gasteiger partial charge on any atom is -0.483 e. The Morgan fingerprint density at radius 2 is 1.74 bits per heavy atom. The van der Waals surface area contributed by atoms with Crippen molar-refractivity contribution < 1.29 is 32.2 Å². The predicted octanol–water partition coefficient (Wildman–Crippen LogP) is 2.94. The number of alkyl halides is 3. The molecule has 6 nitrogen and oxygen atoms in total. The van der Waals surface area contributed by atoms with Gasteiger partial charge in [-0.05, 0) is 36.8 Å². The second-order valence-corrected chi connectivity index (χ2v) is 5.56. The Hall–Kier alpha value is -3.23. The van der Waals surface area contributed by atoms with E-state index in [4.69, 9.17) is 10.5 Å². The Bertz CT molecular complexity index is 807. The number of hydrogen-bond acceptors (Lipinski definition) is 4. The van der Waals surface area contributed by atoms with Gasteiger partial charge in [-0.2, -0.15) is 0 Å². The summed E-state index contributed by atoms with van der Waals surface area (Å²) in [5.74, 6) is -1.32. The van der Waals surface area contributed by atoms with Crippen LogP contribution < -0.4 is 20.5 Å². The van der Waals surface area contributed by atoms with E-state index in [-0.39, 0.29) is 23.7 Å². The summed E-state index contributed by atoms with van der Waals surface area (Å²) in [7, 11) is 0. The van der Waals surface area contributed by atoms with E-state index < -0.39 is 24.2 Å². The van der Waals surface area contributed by atoms with Crippen LogP contribution in [0, 0.1) is 0 Å². The maximum absolute atomic E-state index is 12.5. The lowest BCUT2D eigenvalue weighted by atomic mass is 10.1. The zero-order valence-corrected chi connectivity index (χ0v) is 14.2. The van der Waals surface area contributed by atoms with Crippen LogP contribution in [0.2, 0.25) is 0 Å². The van der Waals surface area contributed by atoms with Crippen LogP contribution in [0.5, 0.6) is 11.5 Å². The number of hydrogen-bond donors (Lipinski definition) is 2. The Morgan fingerprint density at radius 1 is 1.11 bits per heavy atom. The highest BCUT2D eigenvalue weighted by Crippen LogP contribution is 2.25. The molecule has 0 fully saturated rings. The minimum atomic E-state index is -4.77. The van der Waals surface area contributed by atoms with Crippen molar-refractivity contribution in [1.29, 1.82) is 0 Å². The van der Waals surface area contributed by atoms with Crippen LogP contribution in [0.25, 0.3) is 0 Å². The first kappa shape index (κ1) is 20.1. The highest BCUT2D eigenvalue weighted by atomic mass is 19.4. The predicted molar refractivity (Wildman–Crippen MR) is 90.1 cm³/mol. The summed E-state index contributed by atoms with van der Waals surface area (Å²) in [6, 6.07) is 11.0. The second kappa shape index (κ2) is 8.43. The number of primary amides is 1. The Labute approximate surface area is 153 Å². The molecule has 0 aliphatic carbocycles. The first-order valence-electron chi connectivity index (χ1n) is 7.82. The third-order valence-corrected chi connectivity index (χ3v) is 3.46. The fourth-order valence-corrected chi connectivity index (χ4v) is 2.24. The van der Waals surface area contributed by atoms with Crippen molar-refractivity contribution in [3.63, 3.8) is 0 Å². The van der Waals surface area contributed by atoms with Crippen molar-refractivity contribution in [2.75, 3.05) is 6.61 Å². The van der Waals surface area contributed by atoms with E-state index in [0.29, 0.717) is 5.56 Å². The van der Waals surface area contributed by atoms with Gasteiger partial charge in [0.1, 0.15) is 11.5 Å². The molecule has 0 spiro atoms. The largest absolute Gasteiger partial charge is 0.573 e. The van der Waals surface area contributed by atoms with E-state index in [0.717, 1.165) is 12.1 Å². The van der Waals surface area contributed by atoms with Gasteiger partial charge in [0.2, 0.25) is 0 Å². The minimum absolute atomic E-state index is 0.190. The number of nitrogens with one attached hydrogen (secondary N) is 1. The number of ether oxygens (including phenoxy) is 2. The highest BCUT2D eigenvalue weighted by Gasteiger charge is 2.31. The smallest absolute Gasteiger partial charge is 0.483 e. The van der Waals surface area contributed by atoms with Gasteiger partial charge >= 0.3 is 6.36 Å². The highest BCUT2D eigenvalue weighted by molar-refractivity contribution is 5.97. The molecule has 0 unspecified atom stereocenters. The van der Waals surface area contributed by atoms with Gasteiger partial charge in [-0.15, -0.1) is 13.2 Å². The van der Waals surface area contributed by atoms with Crippen LogP contribution in [0.15, 0.2) is 48.5 Å². The lowest BCUT2D eigenvalue weighted by molar-refractivity contribution is -0.274. The third kappa shape index (κ3) is 6.21. The Morgan fingerprint density at radius 3 is 2.33 bits per heavy atom. The normalized spacial score (nSPS) is 12.1. The van der Waals surface area contributed by atoms with Gasteiger partial charge in [-0.1, -0.05) is 24.3 Å². The van der Waals surface area contributed by atoms with Gasteiger partial charge in [-0.25, -0.2) is 0 Å². The number of rotatable bonds is 7. The van der Waals surface area contributed by atoms with E-state index >= 15 is 0 Å². The zero-order chi connectivity index (χ0) is 20.0. The van der Waals surface area contributed by atoms with E-state index in [1.807, 2.05) is 0 Å². The van der Waals surface area contributed by atoms with Crippen LogP contribution in [0.3, 0.4) is 0 Å². The SMILES string of the molecule is C[C@@H](NC(=O)c1ccccc1OCC(N)=O)c1ccc(OC(F)(F)F)cc1. The summed E-state index contributed by atoms with van der Waals surface area (Å²) in [6.07, 6.45) is -4.77. The molecule has 0 aromatic heterocycles. The van der Waals surface area contributed by atoms with Gasteiger partial charge in [0.25, 0.3) is 11.8 Å². The van der Waals surface area contributed by atoms with Gasteiger partial charge in [-0.3, -0.25) is 9.59 Å². The van der Waals surface area contributed by atoms with Crippen LogP contribution in [-0.4, -0.2) is 24.8 Å². The molecule has 144 valence electrons. The number of halogens is 3. The van der Waals surface area contributed by atoms with Gasteiger partial charge in [0, 0.05) is 0 Å². The molecule has 1 atom stereocenters. The maximum atomic E-state index is 12.5. The first-order chi connectivity index (χ1) is 12.7. The molecular weight excluding hydrogens is 365 g/mol. The molecule has 0 heterocycles. The summed E-state index contributed by atoms with van der Waals surface area (Å²) in [5.41, 5.74) is 5.80. The van der Waals surface area contributed by atoms with Crippen LogP contribution in [-0.2, 0) is 4.79 Å². The molecule has 0 saturated carbocycles. The average Bonchev–Trinajstić information content (AvgIpc) is 2.59. The number of benzene rings is 2. The molecule has 0 aliphatic rings. The molecule has 2 amide bonds. The van der Waals surface area contributed by atoms with Crippen molar-refractivity contribution >= 4 is 11.8 Å². The third-order valence-electron chi connectivity index (χ3n) is 3.46. The molecule has 9 heteroatoms. The molecule has 0 aliphatic heterocycles. The van der Waals surface area contributed by atoms with Crippen LogP contribution in [0.1, 0.15) is 28.9 Å². The number of nitrogens with two attached hydrogens (primary N) is 1. The first-order valence-corrected chi connectivity index (χ1v) is 7.82. The van der Waals surface area contributed by atoms with Gasteiger partial charge in [0.05, 0.1) is 11.6 Å². The van der Waals surface area contributed by atoms with Crippen molar-refractivity contribution in [3.8, 4) is 11.5 Å². The fourth-order valence-electron chi connectivity index (χ4n) is 2.24. The van der Waals surface area contributed by atoms with E-state index in [1.54, 1.807) is 19.1 Å². The molecule has 2 aromatic rings. The Balaban J connectivity index is 2.06. The maximum Gasteiger partial charge on any atom is 0.573 e. The number of para-hydroxylation sites is 1. The van der Waals surface area contributed by atoms with Gasteiger partial charge < -0.3 is 20.5 Å².